The zero-order valence-electron chi connectivity index (χ0n) is 11.5. The number of hydrogen-bond donors (Lipinski definition) is 1. The Hall–Kier alpha value is -1.95. The number of esters is 1. The maximum Gasteiger partial charge on any atom is 0.305 e. The maximum absolute atomic E-state index is 11.1. The van der Waals surface area contributed by atoms with Crippen molar-refractivity contribution in [2.24, 2.45) is 5.16 Å². The summed E-state index contributed by atoms with van der Waals surface area (Å²) in [5.41, 5.74) is 0.765. The number of carbonyl (C=O) groups is 1. The van der Waals surface area contributed by atoms with Crippen molar-refractivity contribution in [3.63, 3.8) is 0 Å². The number of methoxy groups -OCH3 is 3. The van der Waals surface area contributed by atoms with Crippen molar-refractivity contribution in [2.45, 2.75) is 12.8 Å². The Bertz CT molecular complexity index is 516. The van der Waals surface area contributed by atoms with E-state index in [-0.39, 0.29) is 18.6 Å². The van der Waals surface area contributed by atoms with E-state index in [9.17, 15) is 4.79 Å². The summed E-state index contributed by atoms with van der Waals surface area (Å²) in [6.07, 6.45) is 0.283. The van der Waals surface area contributed by atoms with Crippen LogP contribution in [0.25, 0.3) is 0 Å². The van der Waals surface area contributed by atoms with Gasteiger partial charge in [0, 0.05) is 18.1 Å². The molecule has 0 aliphatic heterocycles. The van der Waals surface area contributed by atoms with Crippen LogP contribution in [0, 0.1) is 0 Å². The largest absolute Gasteiger partial charge is 0.496 e. The Morgan fingerprint density at radius 1 is 1.20 bits per heavy atom. The lowest BCUT2D eigenvalue weighted by molar-refractivity contribution is -0.140. The molecular formula is C13H16ClNO5. The topological polar surface area (TPSA) is 77.4 Å². The van der Waals surface area contributed by atoms with Crippen molar-refractivity contribution in [3.8, 4) is 11.5 Å². The summed E-state index contributed by atoms with van der Waals surface area (Å²) in [6, 6.07) is 3.15. The van der Waals surface area contributed by atoms with Crippen LogP contribution in [0.15, 0.2) is 17.3 Å². The van der Waals surface area contributed by atoms with Crippen LogP contribution < -0.4 is 9.47 Å². The highest BCUT2D eigenvalue weighted by Crippen LogP contribution is 2.33. The van der Waals surface area contributed by atoms with Gasteiger partial charge in [-0.1, -0.05) is 16.8 Å². The molecule has 1 rings (SSSR count). The fourth-order valence-electron chi connectivity index (χ4n) is 1.65. The molecule has 0 heterocycles. The highest BCUT2D eigenvalue weighted by Gasteiger charge is 2.16. The van der Waals surface area contributed by atoms with Gasteiger partial charge < -0.3 is 19.4 Å². The van der Waals surface area contributed by atoms with Gasteiger partial charge in [-0.15, -0.1) is 0 Å². The molecule has 0 fully saturated rings. The first kappa shape index (κ1) is 16.1. The molecule has 1 N–H and O–H groups in total. The maximum atomic E-state index is 11.1. The van der Waals surface area contributed by atoms with Gasteiger partial charge >= 0.3 is 5.97 Å². The van der Waals surface area contributed by atoms with Crippen LogP contribution in [-0.4, -0.2) is 38.2 Å². The van der Waals surface area contributed by atoms with Crippen molar-refractivity contribution < 1.29 is 24.2 Å². The summed E-state index contributed by atoms with van der Waals surface area (Å²) < 4.78 is 14.8. The van der Waals surface area contributed by atoms with Crippen LogP contribution in [0.4, 0.5) is 0 Å². The Kier molecular flexibility index (Phi) is 6.11. The number of oxime groups is 1. The highest BCUT2D eigenvalue weighted by atomic mass is 35.5. The molecule has 0 unspecified atom stereocenters. The fourth-order valence-corrected chi connectivity index (χ4v) is 1.89. The minimum absolute atomic E-state index is 0.0860. The smallest absolute Gasteiger partial charge is 0.305 e. The monoisotopic (exact) mass is 301 g/mol. The predicted molar refractivity (Wildman–Crippen MR) is 74.1 cm³/mol. The van der Waals surface area contributed by atoms with Gasteiger partial charge in [-0.2, -0.15) is 0 Å². The molecule has 6 nitrogen and oxygen atoms in total. The molecule has 0 radical (unpaired) electrons. The van der Waals surface area contributed by atoms with E-state index < -0.39 is 5.97 Å². The first-order valence-electron chi connectivity index (χ1n) is 5.77. The normalized spacial score (nSPS) is 11.1. The lowest BCUT2D eigenvalue weighted by Crippen LogP contribution is -2.09. The lowest BCUT2D eigenvalue weighted by atomic mass is 10.0. The Morgan fingerprint density at radius 3 is 2.35 bits per heavy atom. The molecule has 0 aliphatic carbocycles. The molecule has 0 saturated heterocycles. The molecule has 20 heavy (non-hydrogen) atoms. The average Bonchev–Trinajstić information content (AvgIpc) is 2.47. The van der Waals surface area contributed by atoms with Crippen molar-refractivity contribution >= 4 is 23.3 Å². The van der Waals surface area contributed by atoms with Gasteiger partial charge in [-0.05, 0) is 6.07 Å². The van der Waals surface area contributed by atoms with E-state index in [1.54, 1.807) is 12.1 Å². The fraction of sp³-hybridized carbons (Fsp3) is 0.385. The first-order chi connectivity index (χ1) is 9.57. The van der Waals surface area contributed by atoms with Crippen LogP contribution in [0.5, 0.6) is 11.5 Å². The summed E-state index contributed by atoms with van der Waals surface area (Å²) >= 11 is 6.04. The van der Waals surface area contributed by atoms with Gasteiger partial charge in [-0.25, -0.2) is 0 Å². The quantitative estimate of drug-likeness (QED) is 0.378. The van der Waals surface area contributed by atoms with E-state index in [2.05, 4.69) is 9.89 Å². The molecule has 1 aromatic carbocycles. The molecule has 1 aromatic rings. The van der Waals surface area contributed by atoms with Gasteiger partial charge in [0.1, 0.15) is 11.5 Å². The Morgan fingerprint density at radius 2 is 1.85 bits per heavy atom. The second-order valence-corrected chi connectivity index (χ2v) is 4.22. The molecule has 0 bridgehead atoms. The van der Waals surface area contributed by atoms with Gasteiger partial charge in [0.15, 0.2) is 0 Å². The number of benzene rings is 1. The summed E-state index contributed by atoms with van der Waals surface area (Å²) in [7, 11) is 4.25. The third-order valence-electron chi connectivity index (χ3n) is 2.70. The summed E-state index contributed by atoms with van der Waals surface area (Å²) in [4.78, 5) is 11.1. The third kappa shape index (κ3) is 3.77. The van der Waals surface area contributed by atoms with Gasteiger partial charge in [0.05, 0.1) is 38.5 Å². The van der Waals surface area contributed by atoms with Crippen molar-refractivity contribution in [1.29, 1.82) is 0 Å². The van der Waals surface area contributed by atoms with Crippen molar-refractivity contribution in [1.82, 2.24) is 0 Å². The SMILES string of the molecule is COC(=O)CC/C(=N\O)c1cc(Cl)c(OC)cc1OC. The number of halogens is 1. The number of carbonyl (C=O) groups excluding carboxylic acids is 1. The van der Waals surface area contributed by atoms with Gasteiger partial charge in [0.2, 0.25) is 0 Å². The second kappa shape index (κ2) is 7.59. The first-order valence-corrected chi connectivity index (χ1v) is 6.14. The number of rotatable bonds is 6. The lowest BCUT2D eigenvalue weighted by Gasteiger charge is -2.12. The molecule has 0 saturated carbocycles. The molecule has 0 amide bonds. The van der Waals surface area contributed by atoms with Crippen LogP contribution in [0.2, 0.25) is 5.02 Å². The highest BCUT2D eigenvalue weighted by molar-refractivity contribution is 6.32. The molecule has 0 spiro atoms. The van der Waals surface area contributed by atoms with E-state index in [0.29, 0.717) is 22.1 Å². The standard InChI is InChI=1S/C13H16ClNO5/c1-18-11-7-12(19-2)9(14)6-8(11)10(15-17)4-5-13(16)20-3/h6-7,17H,4-5H2,1-3H3/b15-10+. The summed E-state index contributed by atoms with van der Waals surface area (Å²) in [5.74, 6) is 0.478. The number of ether oxygens (including phenoxy) is 3. The van der Waals surface area contributed by atoms with E-state index in [1.165, 1.54) is 21.3 Å². The molecular weight excluding hydrogens is 286 g/mol. The molecule has 7 heteroatoms. The van der Waals surface area contributed by atoms with Gasteiger partial charge in [-0.3, -0.25) is 4.79 Å². The van der Waals surface area contributed by atoms with Crippen molar-refractivity contribution in [2.75, 3.05) is 21.3 Å². The van der Waals surface area contributed by atoms with E-state index in [1.807, 2.05) is 0 Å². The Labute approximate surface area is 121 Å². The van der Waals surface area contributed by atoms with Crippen LogP contribution in [-0.2, 0) is 9.53 Å². The van der Waals surface area contributed by atoms with Gasteiger partial charge in [0.25, 0.3) is 0 Å². The van der Waals surface area contributed by atoms with Crippen LogP contribution in [0.3, 0.4) is 0 Å². The third-order valence-corrected chi connectivity index (χ3v) is 2.99. The van der Waals surface area contributed by atoms with Crippen molar-refractivity contribution in [3.05, 3.63) is 22.7 Å². The number of hydrogen-bond acceptors (Lipinski definition) is 6. The Balaban J connectivity index is 3.09. The minimum atomic E-state index is -0.398. The summed E-state index contributed by atoms with van der Waals surface area (Å²) in [5, 5.41) is 12.7. The summed E-state index contributed by atoms with van der Waals surface area (Å²) in [6.45, 7) is 0. The van der Waals surface area contributed by atoms with Crippen LogP contribution >= 0.6 is 11.6 Å². The minimum Gasteiger partial charge on any atom is -0.496 e. The molecule has 0 aliphatic rings. The van der Waals surface area contributed by atoms with E-state index in [4.69, 9.17) is 26.3 Å². The average molecular weight is 302 g/mol. The molecule has 0 atom stereocenters. The van der Waals surface area contributed by atoms with E-state index >= 15 is 0 Å². The molecule has 110 valence electrons. The molecule has 0 aromatic heterocycles. The van der Waals surface area contributed by atoms with E-state index in [0.717, 1.165) is 0 Å². The number of nitrogens with zero attached hydrogens (tertiary/aromatic N) is 1. The van der Waals surface area contributed by atoms with Crippen LogP contribution in [0.1, 0.15) is 18.4 Å². The predicted octanol–water partition coefficient (Wildman–Crippen LogP) is 2.49. The zero-order valence-corrected chi connectivity index (χ0v) is 12.2. The second-order valence-electron chi connectivity index (χ2n) is 3.81. The zero-order chi connectivity index (χ0) is 15.1.